The zero-order chi connectivity index (χ0) is 17.2. The van der Waals surface area contributed by atoms with Crippen molar-refractivity contribution < 1.29 is 4.74 Å². The summed E-state index contributed by atoms with van der Waals surface area (Å²) >= 11 is 0. The molecular weight excluding hydrogens is 292 g/mol. The number of fused-ring (bicyclic) bond motifs is 5. The number of hydrogen-bond acceptors (Lipinski definition) is 1. The molecule has 0 N–H and O–H groups in total. The van der Waals surface area contributed by atoms with Gasteiger partial charge in [-0.05, 0) is 113 Å². The van der Waals surface area contributed by atoms with E-state index >= 15 is 0 Å². The van der Waals surface area contributed by atoms with Crippen molar-refractivity contribution in [2.45, 2.75) is 111 Å². The van der Waals surface area contributed by atoms with Crippen LogP contribution in [0.2, 0.25) is 0 Å². The molecule has 0 spiro atoms. The van der Waals surface area contributed by atoms with Crippen molar-refractivity contribution in [3.63, 3.8) is 0 Å². The molecule has 0 aromatic heterocycles. The van der Waals surface area contributed by atoms with Crippen molar-refractivity contribution >= 4 is 0 Å². The third kappa shape index (κ3) is 2.78. The Labute approximate surface area is 150 Å². The van der Waals surface area contributed by atoms with E-state index in [-0.39, 0.29) is 5.60 Å². The molecule has 0 amide bonds. The second-order valence-electron chi connectivity index (χ2n) is 11.4. The minimum Gasteiger partial charge on any atom is -0.373 e. The van der Waals surface area contributed by atoms with Crippen LogP contribution in [0, 0.1) is 34.5 Å². The maximum absolute atomic E-state index is 6.39. The zero-order valence-corrected chi connectivity index (χ0v) is 16.9. The lowest BCUT2D eigenvalue weighted by atomic mass is 9.45. The monoisotopic (exact) mass is 332 g/mol. The summed E-state index contributed by atoms with van der Waals surface area (Å²) in [5.74, 6) is 4.04. The maximum Gasteiger partial charge on any atom is 0.0602 e. The molecule has 4 fully saturated rings. The maximum atomic E-state index is 6.39. The molecule has 24 heavy (non-hydrogen) atoms. The highest BCUT2D eigenvalue weighted by Crippen LogP contribution is 2.66. The molecule has 0 radical (unpaired) electrons. The quantitative estimate of drug-likeness (QED) is 0.525. The summed E-state index contributed by atoms with van der Waals surface area (Å²) in [7, 11) is 0. The van der Waals surface area contributed by atoms with E-state index < -0.39 is 0 Å². The van der Waals surface area contributed by atoms with Gasteiger partial charge in [0.2, 0.25) is 0 Å². The van der Waals surface area contributed by atoms with Crippen LogP contribution in [0.5, 0.6) is 0 Å². The van der Waals surface area contributed by atoms with Crippen molar-refractivity contribution in [3.8, 4) is 0 Å². The Balaban J connectivity index is 1.50. The first-order valence-corrected chi connectivity index (χ1v) is 10.9. The van der Waals surface area contributed by atoms with Gasteiger partial charge in [0.25, 0.3) is 0 Å². The van der Waals surface area contributed by atoms with Crippen molar-refractivity contribution in [2.75, 3.05) is 0 Å². The van der Waals surface area contributed by atoms with E-state index in [9.17, 15) is 0 Å². The van der Waals surface area contributed by atoms with Crippen LogP contribution in [0.15, 0.2) is 0 Å². The molecule has 0 bridgehead atoms. The third-order valence-corrected chi connectivity index (χ3v) is 8.92. The molecule has 0 heterocycles. The molecule has 0 saturated heterocycles. The van der Waals surface area contributed by atoms with Gasteiger partial charge in [-0.1, -0.05) is 20.3 Å². The van der Waals surface area contributed by atoms with Crippen molar-refractivity contribution in [1.29, 1.82) is 0 Å². The van der Waals surface area contributed by atoms with Gasteiger partial charge in [0.1, 0.15) is 0 Å². The van der Waals surface area contributed by atoms with Gasteiger partial charge in [-0.2, -0.15) is 0 Å². The Morgan fingerprint density at radius 2 is 1.62 bits per heavy atom. The molecule has 0 aromatic carbocycles. The third-order valence-electron chi connectivity index (χ3n) is 8.92. The smallest absolute Gasteiger partial charge is 0.0602 e. The van der Waals surface area contributed by atoms with Crippen LogP contribution in [0.1, 0.15) is 98.8 Å². The Bertz CT molecular complexity index is 477. The fourth-order valence-electron chi connectivity index (χ4n) is 7.82. The van der Waals surface area contributed by atoms with Crippen molar-refractivity contribution in [2.24, 2.45) is 34.5 Å². The summed E-state index contributed by atoms with van der Waals surface area (Å²) in [6.07, 6.45) is 15.2. The predicted octanol–water partition coefficient (Wildman–Crippen LogP) is 6.60. The first-order chi connectivity index (χ1) is 11.2. The first-order valence-electron chi connectivity index (χ1n) is 10.9. The lowest BCUT2D eigenvalue weighted by molar-refractivity contribution is -0.151. The molecule has 7 atom stereocenters. The van der Waals surface area contributed by atoms with Gasteiger partial charge in [0.15, 0.2) is 0 Å². The van der Waals surface area contributed by atoms with Gasteiger partial charge >= 0.3 is 0 Å². The Kier molecular flexibility index (Phi) is 4.15. The van der Waals surface area contributed by atoms with Gasteiger partial charge in [-0.25, -0.2) is 0 Å². The molecule has 1 unspecified atom stereocenters. The van der Waals surface area contributed by atoms with E-state index in [0.29, 0.717) is 16.9 Å². The summed E-state index contributed by atoms with van der Waals surface area (Å²) in [4.78, 5) is 0. The van der Waals surface area contributed by atoms with Crippen LogP contribution >= 0.6 is 0 Å². The lowest BCUT2D eigenvalue weighted by Gasteiger charge is -2.60. The molecule has 4 aliphatic carbocycles. The van der Waals surface area contributed by atoms with E-state index in [1.807, 2.05) is 0 Å². The predicted molar refractivity (Wildman–Crippen MR) is 101 cm³/mol. The zero-order valence-electron chi connectivity index (χ0n) is 16.9. The minimum absolute atomic E-state index is 0.0199. The van der Waals surface area contributed by atoms with E-state index in [1.54, 1.807) is 0 Å². The van der Waals surface area contributed by atoms with Crippen LogP contribution in [0.25, 0.3) is 0 Å². The average molecular weight is 333 g/mol. The standard InChI is InChI=1S/C23H40O/c1-21(2,3)24-17-10-14-23(5)16(15-17)8-9-18-19-7-6-12-22(19,4)13-11-20(18)23/h16-20H,6-15H2,1-5H3/t16-,17?,18-,19-,20-,22-,23-/m0/s1. The summed E-state index contributed by atoms with van der Waals surface area (Å²) in [5.41, 5.74) is 1.34. The van der Waals surface area contributed by atoms with Crippen LogP contribution in [0.4, 0.5) is 0 Å². The molecular formula is C23H40O. The van der Waals surface area contributed by atoms with Crippen molar-refractivity contribution in [3.05, 3.63) is 0 Å². The van der Waals surface area contributed by atoms with Crippen LogP contribution < -0.4 is 0 Å². The second kappa shape index (κ2) is 5.73. The second-order valence-corrected chi connectivity index (χ2v) is 11.4. The number of ether oxygens (including phenoxy) is 1. The molecule has 4 rings (SSSR count). The lowest BCUT2D eigenvalue weighted by Crippen LogP contribution is -2.53. The Morgan fingerprint density at radius 1 is 0.833 bits per heavy atom. The average Bonchev–Trinajstić information content (AvgIpc) is 2.88. The Hall–Kier alpha value is -0.0400. The molecule has 138 valence electrons. The highest BCUT2D eigenvalue weighted by Gasteiger charge is 2.57. The van der Waals surface area contributed by atoms with Gasteiger partial charge < -0.3 is 4.74 Å². The van der Waals surface area contributed by atoms with E-state index in [4.69, 9.17) is 4.74 Å². The van der Waals surface area contributed by atoms with E-state index in [1.165, 1.54) is 64.2 Å². The summed E-state index contributed by atoms with van der Waals surface area (Å²) in [6, 6.07) is 0. The van der Waals surface area contributed by atoms with Crippen LogP contribution in [-0.2, 0) is 4.74 Å². The number of hydrogen-bond donors (Lipinski definition) is 0. The van der Waals surface area contributed by atoms with Crippen LogP contribution in [0.3, 0.4) is 0 Å². The first kappa shape index (κ1) is 17.4. The fraction of sp³-hybridized carbons (Fsp3) is 1.00. The molecule has 0 aliphatic heterocycles. The molecule has 1 heteroatoms. The molecule has 4 saturated carbocycles. The summed E-state index contributed by atoms with van der Waals surface area (Å²) in [5, 5.41) is 0. The largest absolute Gasteiger partial charge is 0.373 e. The highest BCUT2D eigenvalue weighted by atomic mass is 16.5. The number of rotatable bonds is 1. The van der Waals surface area contributed by atoms with E-state index in [0.717, 1.165) is 23.7 Å². The minimum atomic E-state index is 0.0199. The topological polar surface area (TPSA) is 9.23 Å². The molecule has 4 aliphatic rings. The molecule has 1 nitrogen and oxygen atoms in total. The van der Waals surface area contributed by atoms with Crippen LogP contribution in [-0.4, -0.2) is 11.7 Å². The highest BCUT2D eigenvalue weighted by molar-refractivity contribution is 5.07. The summed E-state index contributed by atoms with van der Waals surface area (Å²) < 4.78 is 6.39. The van der Waals surface area contributed by atoms with Gasteiger partial charge in [-0.15, -0.1) is 0 Å². The SMILES string of the molecule is CC(C)(C)OC1CC[C@@]2(C)[C@@H](CC[C@H]3[C@@H]4CCC[C@@]4(C)CC[C@@H]32)C1. The van der Waals surface area contributed by atoms with E-state index in [2.05, 4.69) is 34.6 Å². The normalized spacial score (nSPS) is 51.6. The Morgan fingerprint density at radius 3 is 2.38 bits per heavy atom. The van der Waals surface area contributed by atoms with Gasteiger partial charge in [0.05, 0.1) is 11.7 Å². The van der Waals surface area contributed by atoms with Gasteiger partial charge in [0, 0.05) is 0 Å². The molecule has 0 aromatic rings. The fourth-order valence-corrected chi connectivity index (χ4v) is 7.82. The summed E-state index contributed by atoms with van der Waals surface area (Å²) in [6.45, 7) is 12.0. The van der Waals surface area contributed by atoms with Gasteiger partial charge in [-0.3, -0.25) is 0 Å². The van der Waals surface area contributed by atoms with Crippen molar-refractivity contribution in [1.82, 2.24) is 0 Å².